The number of fused-ring (bicyclic) bond motifs is 5. The van der Waals surface area contributed by atoms with Gasteiger partial charge in [0.15, 0.2) is 0 Å². The van der Waals surface area contributed by atoms with Crippen LogP contribution < -0.4 is 0 Å². The van der Waals surface area contributed by atoms with Gasteiger partial charge in [-0.3, -0.25) is 19.3 Å². The van der Waals surface area contributed by atoms with E-state index in [0.29, 0.717) is 10.7 Å². The van der Waals surface area contributed by atoms with Crippen molar-refractivity contribution in [3.63, 3.8) is 0 Å². The van der Waals surface area contributed by atoms with E-state index in [0.717, 1.165) is 21.9 Å². The van der Waals surface area contributed by atoms with Crippen LogP contribution in [-0.2, 0) is 25.7 Å². The van der Waals surface area contributed by atoms with Crippen LogP contribution in [0.4, 0.5) is 0 Å². The number of aromatic nitrogens is 1. The van der Waals surface area contributed by atoms with Crippen molar-refractivity contribution in [2.75, 3.05) is 6.54 Å². The van der Waals surface area contributed by atoms with Crippen molar-refractivity contribution in [2.45, 2.75) is 13.0 Å². The fourth-order valence-electron chi connectivity index (χ4n) is 4.58. The van der Waals surface area contributed by atoms with Gasteiger partial charge in [-0.2, -0.15) is 0 Å². The number of hydrogen-bond donors (Lipinski definition) is 0. The molecule has 2 amide bonds. The molecule has 0 radical (unpaired) electrons. The Morgan fingerprint density at radius 1 is 1.17 bits per heavy atom. The molecule has 6 nitrogen and oxygen atoms in total. The van der Waals surface area contributed by atoms with Crippen LogP contribution in [0.25, 0.3) is 10.6 Å². The smallest absolute Gasteiger partial charge is 0.326 e. The number of allylic oxidation sites excluding steroid dienone is 2. The van der Waals surface area contributed by atoms with E-state index < -0.39 is 5.97 Å². The molecule has 2 aromatic rings. The fraction of sp³-hybridized carbons (Fsp3) is 0.333. The minimum absolute atomic E-state index is 0.0182. The second kappa shape index (κ2) is 7.07. The first-order chi connectivity index (χ1) is 14.0. The SMILES string of the molecule is O=C(CN1C(=O)C2C3C=CC(C3)C2C1=O)OCc1csc(-c2ccccc2Cl)n1. The van der Waals surface area contributed by atoms with Crippen LogP contribution >= 0.6 is 22.9 Å². The number of esters is 1. The molecule has 2 heterocycles. The molecule has 1 aromatic heterocycles. The number of rotatable bonds is 5. The van der Waals surface area contributed by atoms with Gasteiger partial charge in [-0.25, -0.2) is 4.98 Å². The molecule has 3 aliphatic rings. The molecule has 5 rings (SSSR count). The number of halogens is 1. The van der Waals surface area contributed by atoms with Crippen molar-refractivity contribution in [3.05, 3.63) is 52.5 Å². The van der Waals surface area contributed by atoms with Crippen molar-refractivity contribution in [1.82, 2.24) is 9.88 Å². The number of ether oxygens (including phenoxy) is 1. The number of nitrogens with zero attached hydrogens (tertiary/aromatic N) is 2. The first-order valence-corrected chi connectivity index (χ1v) is 10.7. The fourth-order valence-corrected chi connectivity index (χ4v) is 5.71. The van der Waals surface area contributed by atoms with Gasteiger partial charge in [-0.15, -0.1) is 11.3 Å². The van der Waals surface area contributed by atoms with Crippen molar-refractivity contribution in [3.8, 4) is 10.6 Å². The lowest BCUT2D eigenvalue weighted by Crippen LogP contribution is -2.37. The Balaban J connectivity index is 1.20. The average molecular weight is 429 g/mol. The normalized spacial score (nSPS) is 27.0. The molecule has 8 heteroatoms. The summed E-state index contributed by atoms with van der Waals surface area (Å²) in [6, 6.07) is 7.39. The highest BCUT2D eigenvalue weighted by Gasteiger charge is 2.59. The van der Waals surface area contributed by atoms with Gasteiger partial charge in [0.25, 0.3) is 0 Å². The van der Waals surface area contributed by atoms with Gasteiger partial charge >= 0.3 is 5.97 Å². The Kier molecular flexibility index (Phi) is 4.52. The molecule has 1 aliphatic heterocycles. The number of carbonyl (C=O) groups excluding carboxylic acids is 3. The standard InChI is InChI=1S/C21H17ClN2O4S/c22-15-4-2-1-3-14(15)19-23-13(10-29-19)9-28-16(25)8-24-20(26)17-11-5-6-12(7-11)18(17)21(24)27/h1-6,10-12,17-18H,7-9H2. The van der Waals surface area contributed by atoms with E-state index >= 15 is 0 Å². The third kappa shape index (κ3) is 3.09. The number of thiazole rings is 1. The molecular formula is C21H17ClN2O4S. The van der Waals surface area contributed by atoms with E-state index in [-0.39, 0.29) is 48.6 Å². The Bertz CT molecular complexity index is 1020. The maximum absolute atomic E-state index is 12.6. The van der Waals surface area contributed by atoms with Crippen LogP contribution in [0.2, 0.25) is 5.02 Å². The van der Waals surface area contributed by atoms with E-state index in [1.807, 2.05) is 30.4 Å². The minimum Gasteiger partial charge on any atom is -0.458 e. The van der Waals surface area contributed by atoms with Crippen molar-refractivity contribution in [1.29, 1.82) is 0 Å². The van der Waals surface area contributed by atoms with Crippen LogP contribution in [0, 0.1) is 23.7 Å². The molecule has 2 bridgehead atoms. The number of hydrogen-bond acceptors (Lipinski definition) is 6. The summed E-state index contributed by atoms with van der Waals surface area (Å²) >= 11 is 7.60. The molecule has 148 valence electrons. The quantitative estimate of drug-likeness (QED) is 0.415. The molecule has 1 aromatic carbocycles. The van der Waals surface area contributed by atoms with Gasteiger partial charge in [0.05, 0.1) is 22.6 Å². The Labute approximate surface area is 176 Å². The van der Waals surface area contributed by atoms with Crippen LogP contribution in [0.1, 0.15) is 12.1 Å². The predicted octanol–water partition coefficient (Wildman–Crippen LogP) is 3.31. The third-order valence-electron chi connectivity index (χ3n) is 5.89. The number of carbonyl (C=O) groups is 3. The molecule has 2 aliphatic carbocycles. The van der Waals surface area contributed by atoms with Crippen LogP contribution in [0.15, 0.2) is 41.8 Å². The van der Waals surface area contributed by atoms with E-state index in [9.17, 15) is 14.4 Å². The average Bonchev–Trinajstić information content (AvgIpc) is 3.48. The lowest BCUT2D eigenvalue weighted by molar-refractivity contribution is -0.154. The lowest BCUT2D eigenvalue weighted by atomic mass is 9.85. The summed E-state index contributed by atoms with van der Waals surface area (Å²) in [6.45, 7) is -0.360. The van der Waals surface area contributed by atoms with Gasteiger partial charge in [0.2, 0.25) is 11.8 Å². The maximum Gasteiger partial charge on any atom is 0.326 e. The minimum atomic E-state index is -0.612. The summed E-state index contributed by atoms with van der Waals surface area (Å²) in [5.41, 5.74) is 1.41. The first kappa shape index (κ1) is 18.5. The summed E-state index contributed by atoms with van der Waals surface area (Å²) in [5, 5.41) is 3.14. The van der Waals surface area contributed by atoms with Gasteiger partial charge in [0, 0.05) is 10.9 Å². The molecule has 1 saturated carbocycles. The summed E-state index contributed by atoms with van der Waals surface area (Å²) in [5.74, 6) is -1.46. The largest absolute Gasteiger partial charge is 0.458 e. The monoisotopic (exact) mass is 428 g/mol. The summed E-state index contributed by atoms with van der Waals surface area (Å²) in [7, 11) is 0. The van der Waals surface area contributed by atoms with Gasteiger partial charge < -0.3 is 4.74 Å². The highest BCUT2D eigenvalue weighted by molar-refractivity contribution is 7.13. The summed E-state index contributed by atoms with van der Waals surface area (Å²) in [6.07, 6.45) is 4.91. The number of benzene rings is 1. The second-order valence-electron chi connectivity index (χ2n) is 7.55. The van der Waals surface area contributed by atoms with E-state index in [2.05, 4.69) is 4.98 Å². The molecule has 29 heavy (non-hydrogen) atoms. The zero-order valence-electron chi connectivity index (χ0n) is 15.3. The van der Waals surface area contributed by atoms with Crippen molar-refractivity contribution >= 4 is 40.7 Å². The van der Waals surface area contributed by atoms with Crippen LogP contribution in [0.3, 0.4) is 0 Å². The molecule has 0 N–H and O–H groups in total. The first-order valence-electron chi connectivity index (χ1n) is 9.41. The highest BCUT2D eigenvalue weighted by atomic mass is 35.5. The third-order valence-corrected chi connectivity index (χ3v) is 7.14. The maximum atomic E-state index is 12.6. The number of imide groups is 1. The highest BCUT2D eigenvalue weighted by Crippen LogP contribution is 2.52. The predicted molar refractivity (Wildman–Crippen MR) is 107 cm³/mol. The van der Waals surface area contributed by atoms with E-state index in [4.69, 9.17) is 16.3 Å². The molecule has 0 spiro atoms. The number of amides is 2. The van der Waals surface area contributed by atoms with Gasteiger partial charge in [-0.1, -0.05) is 42.0 Å². The summed E-state index contributed by atoms with van der Waals surface area (Å²) in [4.78, 5) is 43.0. The zero-order valence-corrected chi connectivity index (χ0v) is 16.9. The molecule has 2 fully saturated rings. The Hall–Kier alpha value is -2.51. The van der Waals surface area contributed by atoms with Crippen molar-refractivity contribution < 1.29 is 19.1 Å². The Morgan fingerprint density at radius 3 is 2.55 bits per heavy atom. The van der Waals surface area contributed by atoms with E-state index in [1.54, 1.807) is 11.4 Å². The summed E-state index contributed by atoms with van der Waals surface area (Å²) < 4.78 is 5.27. The second-order valence-corrected chi connectivity index (χ2v) is 8.81. The van der Waals surface area contributed by atoms with Crippen LogP contribution in [0.5, 0.6) is 0 Å². The number of likely N-dealkylation sites (tertiary alicyclic amines) is 1. The topological polar surface area (TPSA) is 76.6 Å². The molecule has 1 saturated heterocycles. The molecule has 4 unspecified atom stereocenters. The van der Waals surface area contributed by atoms with Crippen LogP contribution in [-0.4, -0.2) is 34.2 Å². The van der Waals surface area contributed by atoms with Gasteiger partial charge in [0.1, 0.15) is 18.2 Å². The van der Waals surface area contributed by atoms with E-state index in [1.165, 1.54) is 11.3 Å². The molecule has 4 atom stereocenters. The lowest BCUT2D eigenvalue weighted by Gasteiger charge is -2.16. The molecular weight excluding hydrogens is 412 g/mol. The van der Waals surface area contributed by atoms with Crippen molar-refractivity contribution in [2.24, 2.45) is 23.7 Å². The Morgan fingerprint density at radius 2 is 1.86 bits per heavy atom. The van der Waals surface area contributed by atoms with Gasteiger partial charge in [-0.05, 0) is 24.3 Å². The zero-order chi connectivity index (χ0) is 20.1.